The van der Waals surface area contributed by atoms with Crippen LogP contribution in [0.2, 0.25) is 0 Å². The molecule has 136 valence electrons. The van der Waals surface area contributed by atoms with Crippen LogP contribution in [0.4, 0.5) is 0 Å². The summed E-state index contributed by atoms with van der Waals surface area (Å²) >= 11 is 1.23. The molecule has 0 amide bonds. The van der Waals surface area contributed by atoms with Crippen molar-refractivity contribution in [3.8, 4) is 5.75 Å². The van der Waals surface area contributed by atoms with E-state index in [0.29, 0.717) is 11.3 Å². The number of carbonyl (C=O) groups excluding carboxylic acids is 1. The van der Waals surface area contributed by atoms with E-state index in [-0.39, 0.29) is 10.9 Å². The van der Waals surface area contributed by atoms with E-state index < -0.39 is 0 Å². The molecule has 0 fully saturated rings. The minimum Gasteiger partial charge on any atom is -0.507 e. The third-order valence-electron chi connectivity index (χ3n) is 3.89. The van der Waals surface area contributed by atoms with E-state index in [1.54, 1.807) is 24.3 Å². The number of carbonyl (C=O) groups is 1. The molecule has 0 aliphatic rings. The second kappa shape index (κ2) is 11.8. The largest absolute Gasteiger partial charge is 0.507 e. The van der Waals surface area contributed by atoms with Gasteiger partial charge in [-0.1, -0.05) is 58.8 Å². The third kappa shape index (κ3) is 9.35. The van der Waals surface area contributed by atoms with Crippen molar-refractivity contribution >= 4 is 16.9 Å². The fourth-order valence-electron chi connectivity index (χ4n) is 2.32. The summed E-state index contributed by atoms with van der Waals surface area (Å²) in [6.45, 7) is 8.57. The summed E-state index contributed by atoms with van der Waals surface area (Å²) in [6, 6.07) is 6.68. The van der Waals surface area contributed by atoms with Gasteiger partial charge in [-0.3, -0.25) is 4.79 Å². The third-order valence-corrected chi connectivity index (χ3v) is 4.71. The van der Waals surface area contributed by atoms with E-state index in [1.165, 1.54) is 28.5 Å². The first-order valence-electron chi connectivity index (χ1n) is 8.80. The van der Waals surface area contributed by atoms with Gasteiger partial charge in [0.15, 0.2) is 0 Å². The molecule has 1 aromatic rings. The van der Waals surface area contributed by atoms with Gasteiger partial charge in [0.1, 0.15) is 5.75 Å². The second-order valence-electron chi connectivity index (χ2n) is 6.58. The molecule has 2 nitrogen and oxygen atoms in total. The normalized spacial score (nSPS) is 12.2. The lowest BCUT2D eigenvalue weighted by Crippen LogP contribution is -1.94. The number of aromatic hydroxyl groups is 1. The zero-order valence-electron chi connectivity index (χ0n) is 15.8. The van der Waals surface area contributed by atoms with Crippen LogP contribution in [0.25, 0.3) is 0 Å². The molecule has 0 radical (unpaired) electrons. The Morgan fingerprint density at radius 1 is 0.960 bits per heavy atom. The Morgan fingerprint density at radius 3 is 2.20 bits per heavy atom. The highest BCUT2D eigenvalue weighted by atomic mass is 32.2. The lowest BCUT2D eigenvalue weighted by atomic mass is 10.1. The Labute approximate surface area is 156 Å². The summed E-state index contributed by atoms with van der Waals surface area (Å²) in [6.07, 6.45) is 11.0. The predicted octanol–water partition coefficient (Wildman–Crippen LogP) is 6.68. The standard InChI is InChI=1S/C22H30O2S/c1-17(2)9-7-10-18(3)11-8-12-19(4)15-16-25-22(24)20-13-5-6-14-21(20)23/h5-6,9,11,13-15,23H,7-8,10,12,16H2,1-4H3/b18-11+,19-15+. The van der Waals surface area contributed by atoms with Gasteiger partial charge in [0, 0.05) is 5.75 Å². The molecule has 0 saturated carbocycles. The zero-order chi connectivity index (χ0) is 18.7. The SMILES string of the molecule is CC(C)=CCC/C(C)=C/CC/C(C)=C/CSC(=O)c1ccccc1O. The van der Waals surface area contributed by atoms with Crippen LogP contribution in [0.5, 0.6) is 5.75 Å². The average molecular weight is 359 g/mol. The van der Waals surface area contributed by atoms with Gasteiger partial charge in [-0.05, 0) is 65.5 Å². The van der Waals surface area contributed by atoms with E-state index in [4.69, 9.17) is 0 Å². The number of allylic oxidation sites excluding steroid dienone is 5. The summed E-state index contributed by atoms with van der Waals surface area (Å²) in [7, 11) is 0. The Morgan fingerprint density at radius 2 is 1.56 bits per heavy atom. The number of benzene rings is 1. The van der Waals surface area contributed by atoms with Crippen LogP contribution in [-0.2, 0) is 0 Å². The highest BCUT2D eigenvalue weighted by Gasteiger charge is 2.09. The number of hydrogen-bond donors (Lipinski definition) is 1. The fraction of sp³-hybridized carbons (Fsp3) is 0.409. The van der Waals surface area contributed by atoms with Crippen molar-refractivity contribution < 1.29 is 9.90 Å². The molecule has 1 rings (SSSR count). The maximum atomic E-state index is 12.1. The molecule has 0 bridgehead atoms. The summed E-state index contributed by atoms with van der Waals surface area (Å²) < 4.78 is 0. The van der Waals surface area contributed by atoms with Crippen LogP contribution in [0.15, 0.2) is 59.2 Å². The molecule has 0 aliphatic heterocycles. The van der Waals surface area contributed by atoms with Crippen LogP contribution in [0, 0.1) is 0 Å². The molecule has 0 saturated heterocycles. The molecular weight excluding hydrogens is 328 g/mol. The van der Waals surface area contributed by atoms with Gasteiger partial charge in [-0.25, -0.2) is 0 Å². The lowest BCUT2D eigenvalue weighted by Gasteiger charge is -2.03. The number of hydrogen-bond acceptors (Lipinski definition) is 3. The Hall–Kier alpha value is -1.74. The molecule has 0 atom stereocenters. The van der Waals surface area contributed by atoms with Crippen molar-refractivity contribution in [2.24, 2.45) is 0 Å². The van der Waals surface area contributed by atoms with Crippen LogP contribution in [0.3, 0.4) is 0 Å². The number of phenolic OH excluding ortho intramolecular Hbond substituents is 1. The van der Waals surface area contributed by atoms with Gasteiger partial charge in [0.2, 0.25) is 5.12 Å². The molecule has 0 aliphatic carbocycles. The molecule has 1 N–H and O–H groups in total. The van der Waals surface area contributed by atoms with Gasteiger partial charge < -0.3 is 5.11 Å². The number of para-hydroxylation sites is 1. The maximum absolute atomic E-state index is 12.1. The monoisotopic (exact) mass is 358 g/mol. The molecule has 25 heavy (non-hydrogen) atoms. The zero-order valence-corrected chi connectivity index (χ0v) is 16.7. The van der Waals surface area contributed by atoms with Gasteiger partial charge in [-0.2, -0.15) is 0 Å². The molecule has 1 aromatic carbocycles. The Kier molecular flexibility index (Phi) is 10.0. The molecule has 0 aromatic heterocycles. The van der Waals surface area contributed by atoms with E-state index in [9.17, 15) is 9.90 Å². The van der Waals surface area contributed by atoms with Crippen LogP contribution in [-0.4, -0.2) is 16.0 Å². The van der Waals surface area contributed by atoms with E-state index in [1.807, 2.05) is 0 Å². The van der Waals surface area contributed by atoms with Gasteiger partial charge in [0.05, 0.1) is 5.56 Å². The van der Waals surface area contributed by atoms with Crippen molar-refractivity contribution in [2.45, 2.75) is 53.4 Å². The van der Waals surface area contributed by atoms with Crippen molar-refractivity contribution in [2.75, 3.05) is 5.75 Å². The van der Waals surface area contributed by atoms with Crippen molar-refractivity contribution in [3.05, 3.63) is 64.8 Å². The average Bonchev–Trinajstić information content (AvgIpc) is 2.54. The fourth-order valence-corrected chi connectivity index (χ4v) is 3.17. The number of thioether (sulfide) groups is 1. The molecule has 0 unspecified atom stereocenters. The topological polar surface area (TPSA) is 37.3 Å². The van der Waals surface area contributed by atoms with E-state index in [2.05, 4.69) is 45.9 Å². The maximum Gasteiger partial charge on any atom is 0.223 e. The first kappa shape index (κ1) is 21.3. The minimum absolute atomic E-state index is 0.0504. The highest BCUT2D eigenvalue weighted by Crippen LogP contribution is 2.22. The van der Waals surface area contributed by atoms with Crippen LogP contribution >= 0.6 is 11.8 Å². The molecule has 3 heteroatoms. The Bertz CT molecular complexity index is 650. The first-order chi connectivity index (χ1) is 11.9. The first-order valence-corrected chi connectivity index (χ1v) is 9.78. The number of phenols is 1. The summed E-state index contributed by atoms with van der Waals surface area (Å²) in [4.78, 5) is 12.1. The molecular formula is C22H30O2S. The lowest BCUT2D eigenvalue weighted by molar-refractivity contribution is 0.108. The van der Waals surface area contributed by atoms with Crippen molar-refractivity contribution in [1.29, 1.82) is 0 Å². The Balaban J connectivity index is 2.33. The van der Waals surface area contributed by atoms with Crippen molar-refractivity contribution in [1.82, 2.24) is 0 Å². The molecule has 0 heterocycles. The van der Waals surface area contributed by atoms with Crippen LogP contribution < -0.4 is 0 Å². The number of rotatable bonds is 9. The second-order valence-corrected chi connectivity index (χ2v) is 7.57. The smallest absolute Gasteiger partial charge is 0.223 e. The minimum atomic E-state index is -0.0860. The van der Waals surface area contributed by atoms with E-state index in [0.717, 1.165) is 25.7 Å². The predicted molar refractivity (Wildman–Crippen MR) is 110 cm³/mol. The molecule has 0 spiro atoms. The summed E-state index contributed by atoms with van der Waals surface area (Å²) in [5.41, 5.74) is 4.50. The van der Waals surface area contributed by atoms with Crippen molar-refractivity contribution in [3.63, 3.8) is 0 Å². The van der Waals surface area contributed by atoms with Gasteiger partial charge in [0.25, 0.3) is 0 Å². The van der Waals surface area contributed by atoms with Gasteiger partial charge >= 0.3 is 0 Å². The summed E-state index contributed by atoms with van der Waals surface area (Å²) in [5, 5.41) is 9.60. The quantitative estimate of drug-likeness (QED) is 0.500. The highest BCUT2D eigenvalue weighted by molar-refractivity contribution is 8.14. The van der Waals surface area contributed by atoms with E-state index >= 15 is 0 Å². The summed E-state index contributed by atoms with van der Waals surface area (Å²) in [5.74, 6) is 0.692. The van der Waals surface area contributed by atoms with Gasteiger partial charge in [-0.15, -0.1) is 0 Å². The van der Waals surface area contributed by atoms with Crippen LogP contribution in [0.1, 0.15) is 63.7 Å².